The summed E-state index contributed by atoms with van der Waals surface area (Å²) in [7, 11) is 0. The number of benzene rings is 2. The fourth-order valence-electron chi connectivity index (χ4n) is 3.00. The Morgan fingerprint density at radius 2 is 1.93 bits per heavy atom. The van der Waals surface area contributed by atoms with E-state index in [0.29, 0.717) is 26.0 Å². The Hall–Kier alpha value is -3.10. The molecule has 1 N–H and O–H groups in total. The molecule has 4 aromatic rings. The van der Waals surface area contributed by atoms with Gasteiger partial charge in [-0.15, -0.1) is 11.3 Å². The van der Waals surface area contributed by atoms with E-state index in [1.807, 2.05) is 12.1 Å². The first-order chi connectivity index (χ1) is 14.4. The monoisotopic (exact) mass is 442 g/mol. The fourth-order valence-corrected chi connectivity index (χ4v) is 4.12. The lowest BCUT2D eigenvalue weighted by atomic mass is 10.1. The lowest BCUT2D eigenvalue weighted by Gasteiger charge is -2.10. The summed E-state index contributed by atoms with van der Waals surface area (Å²) in [6.45, 7) is 1.75. The highest BCUT2D eigenvalue weighted by atomic mass is 35.5. The number of aryl methyl sites for hydroxylation is 1. The minimum Gasteiger partial charge on any atom is -0.350 e. The van der Waals surface area contributed by atoms with Crippen LogP contribution in [0.2, 0.25) is 5.02 Å². The van der Waals surface area contributed by atoms with Gasteiger partial charge < -0.3 is 5.32 Å². The van der Waals surface area contributed by atoms with Crippen molar-refractivity contribution in [2.75, 3.05) is 0 Å². The molecule has 30 heavy (non-hydrogen) atoms. The Labute approximate surface area is 180 Å². The van der Waals surface area contributed by atoms with Crippen molar-refractivity contribution in [1.82, 2.24) is 20.1 Å². The third kappa shape index (κ3) is 4.10. The van der Waals surface area contributed by atoms with Crippen LogP contribution in [0, 0.1) is 12.7 Å². The molecule has 0 atom stereocenters. The highest BCUT2D eigenvalue weighted by Gasteiger charge is 2.18. The first-order valence-electron chi connectivity index (χ1n) is 9.06. The zero-order valence-electron chi connectivity index (χ0n) is 15.9. The van der Waals surface area contributed by atoms with Gasteiger partial charge in [0.05, 0.1) is 9.71 Å². The van der Waals surface area contributed by atoms with Gasteiger partial charge in [-0.25, -0.2) is 14.1 Å². The van der Waals surface area contributed by atoms with Crippen LogP contribution in [0.5, 0.6) is 0 Å². The summed E-state index contributed by atoms with van der Waals surface area (Å²) < 4.78 is 15.0. The molecule has 2 aromatic heterocycles. The van der Waals surface area contributed by atoms with Gasteiger partial charge >= 0.3 is 0 Å². The second-order valence-corrected chi connectivity index (χ2v) is 8.21. The molecule has 2 heterocycles. The molecular formula is C21H16ClFN4O2S. The zero-order valence-corrected chi connectivity index (χ0v) is 17.4. The van der Waals surface area contributed by atoms with Crippen molar-refractivity contribution in [2.24, 2.45) is 0 Å². The summed E-state index contributed by atoms with van der Waals surface area (Å²) in [6, 6.07) is 13.0. The predicted molar refractivity (Wildman–Crippen MR) is 115 cm³/mol. The Morgan fingerprint density at radius 3 is 2.67 bits per heavy atom. The molecule has 0 spiro atoms. The summed E-state index contributed by atoms with van der Waals surface area (Å²) in [6.07, 6.45) is 0. The van der Waals surface area contributed by atoms with Crippen LogP contribution in [0.4, 0.5) is 4.39 Å². The molecular weight excluding hydrogens is 427 g/mol. The van der Waals surface area contributed by atoms with Crippen molar-refractivity contribution >= 4 is 39.1 Å². The van der Waals surface area contributed by atoms with Crippen molar-refractivity contribution in [3.8, 4) is 11.3 Å². The summed E-state index contributed by atoms with van der Waals surface area (Å²) in [5.41, 5.74) is 1.67. The van der Waals surface area contributed by atoms with Gasteiger partial charge in [-0.05, 0) is 42.8 Å². The Bertz CT molecular complexity index is 1300. The largest absolute Gasteiger partial charge is 0.350 e. The Kier molecular flexibility index (Phi) is 5.61. The number of carbonyl (C=O) groups is 1. The summed E-state index contributed by atoms with van der Waals surface area (Å²) in [4.78, 5) is 29.6. The average molecular weight is 443 g/mol. The number of aromatic nitrogens is 3. The number of carbonyl (C=O) groups excluding carboxylic acids is 1. The van der Waals surface area contributed by atoms with E-state index in [4.69, 9.17) is 11.6 Å². The number of nitrogens with zero attached hydrogens (tertiary/aromatic N) is 3. The van der Waals surface area contributed by atoms with Gasteiger partial charge in [0.2, 0.25) is 5.91 Å². The van der Waals surface area contributed by atoms with Crippen molar-refractivity contribution in [2.45, 2.75) is 20.0 Å². The highest BCUT2D eigenvalue weighted by molar-refractivity contribution is 7.19. The third-order valence-electron chi connectivity index (χ3n) is 4.45. The molecule has 2 aromatic carbocycles. The van der Waals surface area contributed by atoms with E-state index < -0.39 is 5.56 Å². The van der Waals surface area contributed by atoms with E-state index in [-0.39, 0.29) is 30.3 Å². The number of fused-ring (bicyclic) bond motifs is 1. The maximum Gasteiger partial charge on any atom is 0.294 e. The lowest BCUT2D eigenvalue weighted by Crippen LogP contribution is -2.33. The van der Waals surface area contributed by atoms with Gasteiger partial charge in [0.25, 0.3) is 5.56 Å². The lowest BCUT2D eigenvalue weighted by molar-refractivity contribution is -0.122. The highest BCUT2D eigenvalue weighted by Crippen LogP contribution is 2.29. The molecule has 0 aliphatic carbocycles. The normalized spacial score (nSPS) is 11.0. The maximum absolute atomic E-state index is 13.3. The third-order valence-corrected chi connectivity index (χ3v) is 5.80. The second-order valence-electron chi connectivity index (χ2n) is 6.60. The number of thiazole rings is 1. The van der Waals surface area contributed by atoms with E-state index in [2.05, 4.69) is 15.4 Å². The van der Waals surface area contributed by atoms with Crippen LogP contribution in [0.25, 0.3) is 21.5 Å². The maximum atomic E-state index is 13.3. The molecule has 4 rings (SSSR count). The second kappa shape index (κ2) is 8.33. The van der Waals surface area contributed by atoms with E-state index in [9.17, 15) is 14.0 Å². The number of nitrogens with one attached hydrogen (secondary N) is 1. The van der Waals surface area contributed by atoms with Gasteiger partial charge in [-0.1, -0.05) is 29.8 Å². The van der Waals surface area contributed by atoms with Crippen LogP contribution >= 0.6 is 22.9 Å². The van der Waals surface area contributed by atoms with Crippen LogP contribution in [0.1, 0.15) is 10.6 Å². The smallest absolute Gasteiger partial charge is 0.294 e. The first-order valence-corrected chi connectivity index (χ1v) is 10.3. The molecule has 0 saturated heterocycles. The molecule has 0 saturated carbocycles. The topological polar surface area (TPSA) is 76.9 Å². The van der Waals surface area contributed by atoms with Gasteiger partial charge in [0, 0.05) is 17.1 Å². The summed E-state index contributed by atoms with van der Waals surface area (Å²) in [5.74, 6) is -0.761. The summed E-state index contributed by atoms with van der Waals surface area (Å²) in [5, 5.41) is 8.39. The van der Waals surface area contributed by atoms with Crippen molar-refractivity contribution in [3.05, 3.63) is 80.3 Å². The first kappa shape index (κ1) is 20.2. The number of halogens is 2. The van der Waals surface area contributed by atoms with E-state index in [1.54, 1.807) is 31.2 Å². The molecule has 9 heteroatoms. The molecule has 0 fully saturated rings. The summed E-state index contributed by atoms with van der Waals surface area (Å²) >= 11 is 7.44. The molecule has 0 unspecified atom stereocenters. The number of hydrogen-bond acceptors (Lipinski definition) is 5. The van der Waals surface area contributed by atoms with Crippen molar-refractivity contribution in [3.63, 3.8) is 0 Å². The Morgan fingerprint density at radius 1 is 1.20 bits per heavy atom. The molecule has 0 radical (unpaired) electrons. The Balaban J connectivity index is 1.66. The molecule has 6 nitrogen and oxygen atoms in total. The average Bonchev–Trinajstić information content (AvgIpc) is 3.12. The van der Waals surface area contributed by atoms with Crippen LogP contribution in [0.15, 0.2) is 53.3 Å². The number of hydrogen-bond donors (Lipinski definition) is 1. The molecule has 0 aliphatic rings. The van der Waals surface area contributed by atoms with Crippen molar-refractivity contribution < 1.29 is 9.18 Å². The van der Waals surface area contributed by atoms with Crippen LogP contribution in [-0.2, 0) is 17.9 Å². The fraction of sp³-hybridized carbons (Fsp3) is 0.143. The zero-order chi connectivity index (χ0) is 21.3. The van der Waals surface area contributed by atoms with Crippen LogP contribution in [0.3, 0.4) is 0 Å². The van der Waals surface area contributed by atoms with Gasteiger partial charge in [-0.2, -0.15) is 5.10 Å². The minimum absolute atomic E-state index is 0.232. The van der Waals surface area contributed by atoms with Crippen LogP contribution in [-0.4, -0.2) is 20.7 Å². The molecule has 1 amide bonds. The minimum atomic E-state index is -0.451. The number of amides is 1. The van der Waals surface area contributed by atoms with Crippen molar-refractivity contribution in [1.29, 1.82) is 0 Å². The standard InChI is InChI=1S/C21H16ClFN4O2S/c1-12-25-19-20(30-12)18(13-6-8-15(23)9-7-13)26-27(21(19)29)11-17(28)24-10-14-4-2-3-5-16(14)22/h2-9H,10-11H2,1H3,(H,24,28). The van der Waals surface area contributed by atoms with Crippen LogP contribution < -0.4 is 10.9 Å². The predicted octanol–water partition coefficient (Wildman–Crippen LogP) is 3.94. The SMILES string of the molecule is Cc1nc2c(=O)n(CC(=O)NCc3ccccc3Cl)nc(-c3ccc(F)cc3)c2s1. The number of rotatable bonds is 5. The van der Waals surface area contributed by atoms with Gasteiger partial charge in [0.15, 0.2) is 5.52 Å². The molecule has 0 aliphatic heterocycles. The van der Waals surface area contributed by atoms with E-state index in [0.717, 1.165) is 10.2 Å². The van der Waals surface area contributed by atoms with Gasteiger partial charge in [0.1, 0.15) is 18.1 Å². The molecule has 152 valence electrons. The molecule has 0 bridgehead atoms. The van der Waals surface area contributed by atoms with Gasteiger partial charge in [-0.3, -0.25) is 9.59 Å². The van der Waals surface area contributed by atoms with E-state index >= 15 is 0 Å². The van der Waals surface area contributed by atoms with E-state index in [1.165, 1.54) is 23.5 Å². The quantitative estimate of drug-likeness (QED) is 0.508.